The van der Waals surface area contributed by atoms with Crippen molar-refractivity contribution in [2.24, 2.45) is 0 Å². The van der Waals surface area contributed by atoms with Gasteiger partial charge in [-0.1, -0.05) is 0 Å². The molecule has 1 aromatic rings. The van der Waals surface area contributed by atoms with E-state index in [-0.39, 0.29) is 5.78 Å². The molecule has 74 valence electrons. The second-order valence-corrected chi connectivity index (χ2v) is 4.43. The van der Waals surface area contributed by atoms with E-state index in [1.165, 1.54) is 11.3 Å². The Kier molecular flexibility index (Phi) is 2.37. The molecule has 0 saturated carbocycles. The topological polar surface area (TPSA) is 33.2 Å². The molecule has 0 saturated heterocycles. The molecule has 0 fully saturated rings. The maximum Gasteiger partial charge on any atom is 0.202 e. The van der Waals surface area contributed by atoms with E-state index in [0.717, 1.165) is 29.0 Å². The molecule has 1 aromatic heterocycles. The van der Waals surface area contributed by atoms with Gasteiger partial charge in [-0.15, -0.1) is 11.3 Å². The van der Waals surface area contributed by atoms with Crippen molar-refractivity contribution in [1.29, 1.82) is 0 Å². The quantitative estimate of drug-likeness (QED) is 0.659. The van der Waals surface area contributed by atoms with Crippen LogP contribution in [0.3, 0.4) is 0 Å². The Bertz CT molecular complexity index is 393. The van der Waals surface area contributed by atoms with Gasteiger partial charge in [-0.3, -0.25) is 4.79 Å². The highest BCUT2D eigenvalue weighted by Gasteiger charge is 2.24. The lowest BCUT2D eigenvalue weighted by Crippen LogP contribution is -2.15. The number of allylic oxidation sites excluding steroid dienone is 1. The van der Waals surface area contributed by atoms with Gasteiger partial charge in [0, 0.05) is 25.9 Å². The molecular weight excluding hydrogens is 196 g/mol. The molecule has 3 nitrogen and oxygen atoms in total. The molecule has 14 heavy (non-hydrogen) atoms. The first-order chi connectivity index (χ1) is 6.68. The zero-order valence-electron chi connectivity index (χ0n) is 8.28. The molecule has 0 N–H and O–H groups in total. The lowest BCUT2D eigenvalue weighted by atomic mass is 9.96. The van der Waals surface area contributed by atoms with Gasteiger partial charge in [0.15, 0.2) is 0 Å². The molecule has 1 heterocycles. The van der Waals surface area contributed by atoms with Gasteiger partial charge in [-0.25, -0.2) is 4.98 Å². The Morgan fingerprint density at radius 3 is 3.00 bits per heavy atom. The number of thiazole rings is 1. The predicted molar refractivity (Wildman–Crippen MR) is 56.5 cm³/mol. The van der Waals surface area contributed by atoms with Crippen molar-refractivity contribution in [3.63, 3.8) is 0 Å². The fourth-order valence-corrected chi connectivity index (χ4v) is 2.39. The summed E-state index contributed by atoms with van der Waals surface area (Å²) < 4.78 is 0. The molecule has 0 radical (unpaired) electrons. The summed E-state index contributed by atoms with van der Waals surface area (Å²) in [5.41, 5.74) is 3.61. The number of ketones is 1. The van der Waals surface area contributed by atoms with Crippen molar-refractivity contribution in [3.05, 3.63) is 27.9 Å². The van der Waals surface area contributed by atoms with E-state index in [1.54, 1.807) is 5.51 Å². The number of carbonyl (C=O) groups excluding carboxylic acids is 1. The molecule has 0 aromatic carbocycles. The van der Waals surface area contributed by atoms with Gasteiger partial charge in [-0.2, -0.15) is 0 Å². The van der Waals surface area contributed by atoms with E-state index in [4.69, 9.17) is 0 Å². The van der Waals surface area contributed by atoms with E-state index >= 15 is 0 Å². The maximum atomic E-state index is 11.9. The Labute approximate surface area is 87.1 Å². The molecule has 1 aliphatic rings. The largest absolute Gasteiger partial charge is 0.383 e. The van der Waals surface area contributed by atoms with Crippen LogP contribution in [-0.2, 0) is 6.42 Å². The van der Waals surface area contributed by atoms with Crippen LogP contribution >= 0.6 is 11.3 Å². The Balaban J connectivity index is 2.34. The van der Waals surface area contributed by atoms with Gasteiger partial charge >= 0.3 is 0 Å². The van der Waals surface area contributed by atoms with Crippen LogP contribution in [0.4, 0.5) is 0 Å². The van der Waals surface area contributed by atoms with Crippen molar-refractivity contribution < 1.29 is 4.79 Å². The normalized spacial score (nSPS) is 18.4. The van der Waals surface area contributed by atoms with Crippen molar-refractivity contribution >= 4 is 17.1 Å². The third-order valence-electron chi connectivity index (χ3n) is 2.18. The van der Waals surface area contributed by atoms with E-state index in [1.807, 2.05) is 25.2 Å². The number of aryl methyl sites for hydroxylation is 1. The Morgan fingerprint density at radius 2 is 2.29 bits per heavy atom. The molecule has 4 heteroatoms. The maximum absolute atomic E-state index is 11.9. The smallest absolute Gasteiger partial charge is 0.202 e. The predicted octanol–water partition coefficient (Wildman–Crippen LogP) is 1.72. The second-order valence-electron chi connectivity index (χ2n) is 3.58. The van der Waals surface area contributed by atoms with Gasteiger partial charge in [0.25, 0.3) is 0 Å². The first-order valence-corrected chi connectivity index (χ1v) is 5.40. The second kappa shape index (κ2) is 3.53. The third kappa shape index (κ3) is 1.57. The summed E-state index contributed by atoms with van der Waals surface area (Å²) in [6.07, 6.45) is 3.61. The highest BCUT2D eigenvalue weighted by molar-refractivity contribution is 7.12. The summed E-state index contributed by atoms with van der Waals surface area (Å²) >= 11 is 1.44. The minimum absolute atomic E-state index is 0.155. The first-order valence-electron chi connectivity index (χ1n) is 4.52. The van der Waals surface area contributed by atoms with Gasteiger partial charge in [-0.05, 0) is 12.8 Å². The fraction of sp³-hybridized carbons (Fsp3) is 0.400. The molecule has 1 aliphatic carbocycles. The van der Waals surface area contributed by atoms with Crippen molar-refractivity contribution in [2.45, 2.75) is 12.8 Å². The Morgan fingerprint density at radius 1 is 1.50 bits per heavy atom. The van der Waals surface area contributed by atoms with E-state index in [0.29, 0.717) is 0 Å². The highest BCUT2D eigenvalue weighted by atomic mass is 32.1. The van der Waals surface area contributed by atoms with Crippen LogP contribution in [0.5, 0.6) is 0 Å². The van der Waals surface area contributed by atoms with Gasteiger partial charge < -0.3 is 4.90 Å². The zero-order chi connectivity index (χ0) is 10.1. The summed E-state index contributed by atoms with van der Waals surface area (Å²) in [5.74, 6) is 0.155. The standard InChI is InChI=1S/C10H12N2OS/c1-12(2)5-7-3-4-8-10(9(7)13)14-6-11-8/h5-6H,3-4H2,1-2H3/b7-5+. The summed E-state index contributed by atoms with van der Waals surface area (Å²) in [6, 6.07) is 0. The lowest BCUT2D eigenvalue weighted by molar-refractivity contribution is 0.102. The zero-order valence-corrected chi connectivity index (χ0v) is 9.10. The summed E-state index contributed by atoms with van der Waals surface area (Å²) in [7, 11) is 3.87. The fourth-order valence-electron chi connectivity index (χ4n) is 1.58. The summed E-state index contributed by atoms with van der Waals surface area (Å²) in [4.78, 5) is 18.8. The Hall–Kier alpha value is -1.16. The molecule has 0 spiro atoms. The number of Topliss-reactive ketones (excluding diaryl/α,β-unsaturated/α-hetero) is 1. The number of rotatable bonds is 1. The number of aromatic nitrogens is 1. The first kappa shape index (κ1) is 9.40. The molecule has 0 aliphatic heterocycles. The van der Waals surface area contributed by atoms with Crippen LogP contribution in [0.1, 0.15) is 21.8 Å². The SMILES string of the molecule is CN(C)/C=C1\CCc2ncsc2C1=O. The number of hydrogen-bond donors (Lipinski definition) is 0. The van der Waals surface area contributed by atoms with E-state index < -0.39 is 0 Å². The van der Waals surface area contributed by atoms with Crippen LogP contribution in [0.25, 0.3) is 0 Å². The minimum atomic E-state index is 0.155. The van der Waals surface area contributed by atoms with Gasteiger partial charge in [0.05, 0.1) is 16.1 Å². The van der Waals surface area contributed by atoms with Crippen LogP contribution in [0.2, 0.25) is 0 Å². The summed E-state index contributed by atoms with van der Waals surface area (Å²) in [6.45, 7) is 0. The number of nitrogens with zero attached hydrogens (tertiary/aromatic N) is 2. The van der Waals surface area contributed by atoms with E-state index in [2.05, 4.69) is 4.98 Å². The molecule has 0 atom stereocenters. The average Bonchev–Trinajstić information content (AvgIpc) is 2.57. The third-order valence-corrected chi connectivity index (χ3v) is 3.05. The van der Waals surface area contributed by atoms with Gasteiger partial charge in [0.2, 0.25) is 5.78 Å². The van der Waals surface area contributed by atoms with Crippen LogP contribution < -0.4 is 0 Å². The average molecular weight is 208 g/mol. The van der Waals surface area contributed by atoms with Crippen molar-refractivity contribution in [3.8, 4) is 0 Å². The molecule has 2 rings (SSSR count). The molecule has 0 bridgehead atoms. The highest BCUT2D eigenvalue weighted by Crippen LogP contribution is 2.27. The number of hydrogen-bond acceptors (Lipinski definition) is 4. The van der Waals surface area contributed by atoms with Gasteiger partial charge in [0.1, 0.15) is 0 Å². The van der Waals surface area contributed by atoms with E-state index in [9.17, 15) is 4.79 Å². The number of carbonyl (C=O) groups is 1. The molecule has 0 unspecified atom stereocenters. The monoisotopic (exact) mass is 208 g/mol. The molecule has 0 amide bonds. The molecular formula is C10H12N2OS. The van der Waals surface area contributed by atoms with Crippen LogP contribution in [0.15, 0.2) is 17.3 Å². The minimum Gasteiger partial charge on any atom is -0.383 e. The van der Waals surface area contributed by atoms with Crippen molar-refractivity contribution in [1.82, 2.24) is 9.88 Å². The number of fused-ring (bicyclic) bond motifs is 1. The summed E-state index contributed by atoms with van der Waals surface area (Å²) in [5, 5.41) is 0. The van der Waals surface area contributed by atoms with Crippen molar-refractivity contribution in [2.75, 3.05) is 14.1 Å². The van der Waals surface area contributed by atoms with Crippen LogP contribution in [-0.4, -0.2) is 29.8 Å². The lowest BCUT2D eigenvalue weighted by Gasteiger charge is -2.14. The van der Waals surface area contributed by atoms with Crippen LogP contribution in [0, 0.1) is 0 Å².